The fraction of sp³-hybridized carbons (Fsp3) is 0.467. The molecule has 2 aromatic rings. The number of Topliss-reactive ketones (excluding diaryl/α,β-unsaturated/α-hetero) is 1. The van der Waals surface area contributed by atoms with Gasteiger partial charge in [-0.15, -0.1) is 0 Å². The van der Waals surface area contributed by atoms with Crippen molar-refractivity contribution in [1.29, 1.82) is 0 Å². The minimum Gasteiger partial charge on any atom is -0.507 e. The third-order valence-corrected chi connectivity index (χ3v) is 6.91. The SMILES string of the molecule is CCCCN(CCCC)CCCN1C(=O)C(=O)C(=C(O)c2ccc(C)cc2)[C@H]1c1ccc(O)c(OC)c1. The van der Waals surface area contributed by atoms with Gasteiger partial charge in [0.05, 0.1) is 18.7 Å². The first-order valence-corrected chi connectivity index (χ1v) is 13.3. The molecular weight excluding hydrogens is 468 g/mol. The molecule has 1 amide bonds. The molecule has 200 valence electrons. The topological polar surface area (TPSA) is 90.3 Å². The highest BCUT2D eigenvalue weighted by atomic mass is 16.5. The normalized spacial score (nSPS) is 17.1. The molecule has 3 rings (SSSR count). The molecular formula is C30H40N2O5. The number of hydrogen-bond acceptors (Lipinski definition) is 6. The number of phenols is 1. The molecule has 0 aromatic heterocycles. The summed E-state index contributed by atoms with van der Waals surface area (Å²) in [7, 11) is 1.45. The number of hydrogen-bond donors (Lipinski definition) is 2. The Kier molecular flexibility index (Phi) is 10.1. The maximum absolute atomic E-state index is 13.3. The van der Waals surface area contributed by atoms with Crippen molar-refractivity contribution >= 4 is 17.4 Å². The van der Waals surface area contributed by atoms with Crippen molar-refractivity contribution in [3.63, 3.8) is 0 Å². The van der Waals surface area contributed by atoms with Gasteiger partial charge >= 0.3 is 0 Å². The number of nitrogens with zero attached hydrogens (tertiary/aromatic N) is 2. The van der Waals surface area contributed by atoms with Gasteiger partial charge in [-0.25, -0.2) is 0 Å². The summed E-state index contributed by atoms with van der Waals surface area (Å²) in [5.74, 6) is -1.33. The van der Waals surface area contributed by atoms with Crippen molar-refractivity contribution < 1.29 is 24.5 Å². The minimum absolute atomic E-state index is 0.0378. The number of benzene rings is 2. The van der Waals surface area contributed by atoms with Gasteiger partial charge in [0.15, 0.2) is 11.5 Å². The summed E-state index contributed by atoms with van der Waals surface area (Å²) in [5, 5.41) is 21.4. The lowest BCUT2D eigenvalue weighted by Crippen LogP contribution is -2.34. The fourth-order valence-electron chi connectivity index (χ4n) is 4.75. The zero-order valence-corrected chi connectivity index (χ0v) is 22.5. The first-order valence-electron chi connectivity index (χ1n) is 13.3. The smallest absolute Gasteiger partial charge is 0.295 e. The number of amides is 1. The number of phenolic OH excluding ortho intramolecular Hbond substituents is 1. The molecule has 2 aromatic carbocycles. The lowest BCUT2D eigenvalue weighted by Gasteiger charge is -2.28. The summed E-state index contributed by atoms with van der Waals surface area (Å²) in [6, 6.07) is 11.2. The van der Waals surface area contributed by atoms with Crippen LogP contribution in [0.25, 0.3) is 5.76 Å². The second-order valence-electron chi connectivity index (χ2n) is 9.69. The highest BCUT2D eigenvalue weighted by molar-refractivity contribution is 6.46. The van der Waals surface area contributed by atoms with Gasteiger partial charge in [-0.2, -0.15) is 0 Å². The molecule has 37 heavy (non-hydrogen) atoms. The molecule has 0 spiro atoms. The molecule has 0 radical (unpaired) electrons. The van der Waals surface area contributed by atoms with E-state index in [0.717, 1.165) is 50.9 Å². The van der Waals surface area contributed by atoms with Gasteiger partial charge in [-0.05, 0) is 63.5 Å². The van der Waals surface area contributed by atoms with Gasteiger partial charge in [0.25, 0.3) is 11.7 Å². The summed E-state index contributed by atoms with van der Waals surface area (Å²) >= 11 is 0. The van der Waals surface area contributed by atoms with E-state index in [1.165, 1.54) is 13.2 Å². The van der Waals surface area contributed by atoms with Crippen LogP contribution in [0.1, 0.15) is 68.7 Å². The minimum atomic E-state index is -0.782. The maximum Gasteiger partial charge on any atom is 0.295 e. The van der Waals surface area contributed by atoms with Crippen LogP contribution in [0.4, 0.5) is 0 Å². The first kappa shape index (κ1) is 28.3. The molecule has 7 heteroatoms. The number of methoxy groups -OCH3 is 1. The number of likely N-dealkylation sites (tertiary alicyclic amines) is 1. The van der Waals surface area contributed by atoms with Crippen molar-refractivity contribution in [2.75, 3.05) is 33.3 Å². The second kappa shape index (κ2) is 13.3. The van der Waals surface area contributed by atoms with Crippen molar-refractivity contribution in [2.24, 2.45) is 0 Å². The third kappa shape index (κ3) is 6.72. The summed E-state index contributed by atoms with van der Waals surface area (Å²) in [6.45, 7) is 9.53. The van der Waals surface area contributed by atoms with Crippen molar-refractivity contribution in [3.8, 4) is 11.5 Å². The Morgan fingerprint density at radius 3 is 2.19 bits per heavy atom. The average Bonchev–Trinajstić information content (AvgIpc) is 3.15. The quantitative estimate of drug-likeness (QED) is 0.213. The van der Waals surface area contributed by atoms with E-state index in [-0.39, 0.29) is 22.8 Å². The predicted molar refractivity (Wildman–Crippen MR) is 146 cm³/mol. The van der Waals surface area contributed by atoms with Gasteiger partial charge in [-0.1, -0.05) is 62.6 Å². The Morgan fingerprint density at radius 2 is 1.59 bits per heavy atom. The zero-order valence-electron chi connectivity index (χ0n) is 22.5. The van der Waals surface area contributed by atoms with E-state index in [2.05, 4.69) is 18.7 Å². The monoisotopic (exact) mass is 508 g/mol. The molecule has 1 atom stereocenters. The zero-order chi connectivity index (χ0) is 26.9. The predicted octanol–water partition coefficient (Wildman–Crippen LogP) is 5.42. The van der Waals surface area contributed by atoms with E-state index in [9.17, 15) is 19.8 Å². The number of aryl methyl sites for hydroxylation is 1. The molecule has 0 bridgehead atoms. The van der Waals surface area contributed by atoms with E-state index in [0.29, 0.717) is 24.1 Å². The number of ketones is 1. The van der Waals surface area contributed by atoms with E-state index < -0.39 is 17.7 Å². The van der Waals surface area contributed by atoms with E-state index in [4.69, 9.17) is 4.74 Å². The number of aliphatic hydroxyl groups excluding tert-OH is 1. The summed E-state index contributed by atoms with van der Waals surface area (Å²) in [5.41, 5.74) is 2.14. The average molecular weight is 509 g/mol. The standard InChI is InChI=1S/C30H40N2O5/c1-5-7-16-31(17-8-6-2)18-9-19-32-27(23-14-15-24(33)25(20-23)37-4)26(29(35)30(32)36)28(34)22-12-10-21(3)11-13-22/h10-15,20,27,33-34H,5-9,16-19H2,1-4H3/t27-/m1/s1. The third-order valence-electron chi connectivity index (χ3n) is 6.91. The molecule has 0 saturated carbocycles. The second-order valence-corrected chi connectivity index (χ2v) is 9.69. The van der Waals surface area contributed by atoms with Crippen molar-refractivity contribution in [3.05, 3.63) is 64.7 Å². The molecule has 1 aliphatic heterocycles. The number of unbranched alkanes of at least 4 members (excludes halogenated alkanes) is 2. The van der Waals surface area contributed by atoms with Crippen LogP contribution in [-0.4, -0.2) is 65.0 Å². The lowest BCUT2D eigenvalue weighted by atomic mass is 9.94. The summed E-state index contributed by atoms with van der Waals surface area (Å²) in [6.07, 6.45) is 5.20. The Morgan fingerprint density at radius 1 is 0.973 bits per heavy atom. The van der Waals surface area contributed by atoms with Crippen LogP contribution < -0.4 is 4.74 Å². The Bertz CT molecular complexity index is 1100. The van der Waals surface area contributed by atoms with E-state index >= 15 is 0 Å². The van der Waals surface area contributed by atoms with Gasteiger partial charge < -0.3 is 24.7 Å². The molecule has 1 saturated heterocycles. The van der Waals surface area contributed by atoms with Crippen LogP contribution >= 0.6 is 0 Å². The van der Waals surface area contributed by atoms with Gasteiger partial charge in [0.2, 0.25) is 0 Å². The highest BCUT2D eigenvalue weighted by Gasteiger charge is 2.46. The number of aromatic hydroxyl groups is 1. The summed E-state index contributed by atoms with van der Waals surface area (Å²) < 4.78 is 5.29. The van der Waals surface area contributed by atoms with E-state index in [1.54, 1.807) is 29.2 Å². The molecule has 2 N–H and O–H groups in total. The Hall–Kier alpha value is -3.32. The van der Waals surface area contributed by atoms with Crippen LogP contribution in [-0.2, 0) is 9.59 Å². The van der Waals surface area contributed by atoms with Crippen LogP contribution in [0, 0.1) is 6.92 Å². The fourth-order valence-corrected chi connectivity index (χ4v) is 4.75. The molecule has 1 aliphatic rings. The molecule has 7 nitrogen and oxygen atoms in total. The number of carbonyl (C=O) groups is 2. The van der Waals surface area contributed by atoms with Gasteiger partial charge in [-0.3, -0.25) is 9.59 Å². The maximum atomic E-state index is 13.3. The molecule has 1 heterocycles. The molecule has 0 aliphatic carbocycles. The Balaban J connectivity index is 1.96. The van der Waals surface area contributed by atoms with Gasteiger partial charge in [0, 0.05) is 12.1 Å². The van der Waals surface area contributed by atoms with Crippen LogP contribution in [0.5, 0.6) is 11.5 Å². The van der Waals surface area contributed by atoms with Crippen LogP contribution in [0.2, 0.25) is 0 Å². The largest absolute Gasteiger partial charge is 0.507 e. The van der Waals surface area contributed by atoms with Crippen molar-refractivity contribution in [1.82, 2.24) is 9.80 Å². The number of rotatable bonds is 13. The first-order chi connectivity index (χ1) is 17.8. The van der Waals surface area contributed by atoms with E-state index in [1.807, 2.05) is 19.1 Å². The van der Waals surface area contributed by atoms with Crippen LogP contribution in [0.15, 0.2) is 48.0 Å². The number of ether oxygens (including phenoxy) is 1. The van der Waals surface area contributed by atoms with Crippen LogP contribution in [0.3, 0.4) is 0 Å². The number of aliphatic hydroxyl groups is 1. The molecule has 0 unspecified atom stereocenters. The Labute approximate surface area is 220 Å². The number of carbonyl (C=O) groups excluding carboxylic acids is 2. The molecule has 1 fully saturated rings. The van der Waals surface area contributed by atoms with Gasteiger partial charge in [0.1, 0.15) is 5.76 Å². The lowest BCUT2D eigenvalue weighted by molar-refractivity contribution is -0.140. The summed E-state index contributed by atoms with van der Waals surface area (Å²) in [4.78, 5) is 30.5. The highest BCUT2D eigenvalue weighted by Crippen LogP contribution is 2.41. The van der Waals surface area contributed by atoms with Crippen molar-refractivity contribution in [2.45, 2.75) is 58.9 Å².